The van der Waals surface area contributed by atoms with Crippen LogP contribution in [0.15, 0.2) is 0 Å². The molecule has 42 heavy (non-hydrogen) atoms. The number of morpholine rings is 1. The smallest absolute Gasteiger partial charge is 0.170 e. The topological polar surface area (TPSA) is 71.4 Å². The summed E-state index contributed by atoms with van der Waals surface area (Å²) in [4.78, 5) is 2.34. The lowest BCUT2D eigenvalue weighted by Gasteiger charge is -2.64. The van der Waals surface area contributed by atoms with Crippen molar-refractivity contribution in [2.45, 2.75) is 143 Å². The molecule has 3 unspecified atom stereocenters. The Labute approximate surface area is 255 Å². The number of likely N-dealkylation sites (N-methyl/N-ethyl adjacent to an activating group) is 1. The summed E-state index contributed by atoms with van der Waals surface area (Å²) in [5.41, 5.74) is 0.389. The van der Waals surface area contributed by atoms with Crippen LogP contribution in [0.5, 0.6) is 0 Å². The fourth-order valence-electron chi connectivity index (χ4n) is 13.7. The maximum atomic E-state index is 11.1. The lowest BCUT2D eigenvalue weighted by atomic mass is 9.40. The highest BCUT2D eigenvalue weighted by Gasteiger charge is 2.84. The number of hydrogen-bond donors (Lipinski definition) is 2. The summed E-state index contributed by atoms with van der Waals surface area (Å²) in [5, 5.41) is 21.7. The minimum Gasteiger partial charge on any atom is -0.388 e. The highest BCUT2D eigenvalue weighted by atomic mass is 16.7. The van der Waals surface area contributed by atoms with Gasteiger partial charge in [0.15, 0.2) is 6.29 Å². The van der Waals surface area contributed by atoms with Crippen molar-refractivity contribution in [1.82, 2.24) is 4.90 Å². The predicted octanol–water partition coefficient (Wildman–Crippen LogP) is 5.88. The summed E-state index contributed by atoms with van der Waals surface area (Å²) in [5.74, 6) is 2.89. The summed E-state index contributed by atoms with van der Waals surface area (Å²) in [6, 6.07) is 0. The van der Waals surface area contributed by atoms with Crippen molar-refractivity contribution < 1.29 is 24.4 Å². The average molecular weight is 588 g/mol. The quantitative estimate of drug-likeness (QED) is 0.428. The molecule has 0 aromatic rings. The van der Waals surface area contributed by atoms with Gasteiger partial charge in [-0.3, -0.25) is 4.90 Å². The Morgan fingerprint density at radius 2 is 1.67 bits per heavy atom. The van der Waals surface area contributed by atoms with Crippen LogP contribution in [-0.2, 0) is 14.2 Å². The predicted molar refractivity (Wildman–Crippen MR) is 164 cm³/mol. The van der Waals surface area contributed by atoms with Crippen molar-refractivity contribution in [2.75, 3.05) is 26.7 Å². The van der Waals surface area contributed by atoms with Crippen LogP contribution in [0.1, 0.15) is 107 Å². The highest BCUT2D eigenvalue weighted by molar-refractivity contribution is 5.32. The standard InChI is InChI=1S/C36H61NO5/c1-21-18-23(30(38)32(5,6)39)41-29-22(2)34(8)25-11-10-24-31(3,4)26(42-27-19-37(9)16-17-40-27)12-13-35(24)20-36(25,35)15-14-33(34,7)28(21)29/h21-30,38-39H,10-20H2,1-9H3/t21-,22+,23-,24+,25+,26+,27?,28+,29-,30?,33-,34+,35-,36?/m1/s1. The molecule has 5 aliphatic carbocycles. The van der Waals surface area contributed by atoms with E-state index in [2.05, 4.69) is 53.5 Å². The number of nitrogens with zero attached hydrogens (tertiary/aromatic N) is 1. The maximum absolute atomic E-state index is 11.1. The van der Waals surface area contributed by atoms with Crippen molar-refractivity contribution in [2.24, 2.45) is 56.7 Å². The Balaban J connectivity index is 1.15. The molecular formula is C36H61NO5. The molecule has 0 amide bonds. The Hall–Kier alpha value is -0.240. The number of hydrogen-bond acceptors (Lipinski definition) is 6. The zero-order chi connectivity index (χ0) is 30.3. The monoisotopic (exact) mass is 587 g/mol. The van der Waals surface area contributed by atoms with Crippen LogP contribution in [0.3, 0.4) is 0 Å². The molecule has 14 atom stereocenters. The van der Waals surface area contributed by atoms with Crippen LogP contribution in [0.2, 0.25) is 0 Å². The highest BCUT2D eigenvalue weighted by Crippen LogP contribution is 2.89. The van der Waals surface area contributed by atoms with Crippen LogP contribution >= 0.6 is 0 Å². The molecule has 0 radical (unpaired) electrons. The second-order valence-corrected chi connectivity index (χ2v) is 18.2. The second kappa shape index (κ2) is 9.41. The molecule has 0 aromatic carbocycles. The molecule has 7 rings (SSSR count). The summed E-state index contributed by atoms with van der Waals surface area (Å²) >= 11 is 0. The number of aliphatic hydroxyl groups excluding tert-OH is 1. The largest absolute Gasteiger partial charge is 0.388 e. The SMILES string of the molecule is C[C@@H]1C[C@H](C(O)C(C)(C)O)O[C@H]2[C@H]1[C@@]1(C)CCC34C[C@@]35CC[C@H](OC3CN(C)CCO3)C(C)(C)[C@@H]5CC[C@H]4[C@]1(C)[C@H]2C. The molecule has 0 bridgehead atoms. The Morgan fingerprint density at radius 3 is 2.36 bits per heavy atom. The van der Waals surface area contributed by atoms with Gasteiger partial charge in [0.1, 0.15) is 6.10 Å². The van der Waals surface area contributed by atoms with Crippen molar-refractivity contribution in [3.05, 3.63) is 0 Å². The summed E-state index contributed by atoms with van der Waals surface area (Å²) in [6.45, 7) is 21.3. The maximum Gasteiger partial charge on any atom is 0.170 e. The third-order valence-corrected chi connectivity index (χ3v) is 15.9. The van der Waals surface area contributed by atoms with E-state index in [1.54, 1.807) is 13.8 Å². The average Bonchev–Trinajstić information content (AvgIpc) is 3.54. The van der Waals surface area contributed by atoms with E-state index >= 15 is 0 Å². The first-order valence-electron chi connectivity index (χ1n) is 17.5. The fourth-order valence-corrected chi connectivity index (χ4v) is 13.7. The molecule has 6 nitrogen and oxygen atoms in total. The van der Waals surface area contributed by atoms with E-state index in [0.29, 0.717) is 28.6 Å². The van der Waals surface area contributed by atoms with Gasteiger partial charge in [-0.2, -0.15) is 0 Å². The van der Waals surface area contributed by atoms with E-state index in [4.69, 9.17) is 14.2 Å². The van der Waals surface area contributed by atoms with Crippen molar-refractivity contribution in [3.8, 4) is 0 Å². The summed E-state index contributed by atoms with van der Waals surface area (Å²) < 4.78 is 19.8. The Bertz CT molecular complexity index is 1070. The number of rotatable bonds is 4. The number of ether oxygens (including phenoxy) is 3. The van der Waals surface area contributed by atoms with Crippen molar-refractivity contribution >= 4 is 0 Å². The molecule has 240 valence electrons. The van der Waals surface area contributed by atoms with Gasteiger partial charge < -0.3 is 24.4 Å². The first-order chi connectivity index (χ1) is 19.5. The van der Waals surface area contributed by atoms with E-state index in [9.17, 15) is 10.2 Å². The van der Waals surface area contributed by atoms with Crippen LogP contribution in [-0.4, -0.2) is 78.2 Å². The van der Waals surface area contributed by atoms with E-state index in [1.165, 1.54) is 38.5 Å². The van der Waals surface area contributed by atoms with Gasteiger partial charge >= 0.3 is 0 Å². The molecule has 2 heterocycles. The molecule has 0 aromatic heterocycles. The number of aliphatic hydroxyl groups is 2. The first kappa shape index (κ1) is 30.4. The molecule has 2 saturated heterocycles. The Kier molecular flexibility index (Phi) is 6.81. The molecule has 6 heteroatoms. The van der Waals surface area contributed by atoms with Crippen LogP contribution < -0.4 is 0 Å². The zero-order valence-corrected chi connectivity index (χ0v) is 28.1. The zero-order valence-electron chi connectivity index (χ0n) is 28.1. The van der Waals surface area contributed by atoms with Crippen molar-refractivity contribution in [3.63, 3.8) is 0 Å². The Morgan fingerprint density at radius 1 is 0.976 bits per heavy atom. The number of fused-ring (bicyclic) bond motifs is 4. The van der Waals surface area contributed by atoms with Crippen LogP contribution in [0, 0.1) is 56.7 Å². The third-order valence-electron chi connectivity index (χ3n) is 15.9. The van der Waals surface area contributed by atoms with Gasteiger partial charge in [-0.25, -0.2) is 0 Å². The van der Waals surface area contributed by atoms with Gasteiger partial charge in [-0.1, -0.05) is 41.5 Å². The first-order valence-corrected chi connectivity index (χ1v) is 17.5. The van der Waals surface area contributed by atoms with E-state index < -0.39 is 11.7 Å². The van der Waals surface area contributed by atoms with Crippen molar-refractivity contribution in [1.29, 1.82) is 0 Å². The fraction of sp³-hybridized carbons (Fsp3) is 1.00. The van der Waals surface area contributed by atoms with Gasteiger partial charge in [0, 0.05) is 13.1 Å². The lowest BCUT2D eigenvalue weighted by Crippen LogP contribution is -2.59. The van der Waals surface area contributed by atoms with Gasteiger partial charge in [0.25, 0.3) is 0 Å². The summed E-state index contributed by atoms with van der Waals surface area (Å²) in [7, 11) is 2.17. The normalized spacial score (nSPS) is 55.9. The van der Waals surface area contributed by atoms with Gasteiger partial charge in [-0.15, -0.1) is 0 Å². The van der Waals surface area contributed by atoms with E-state index in [0.717, 1.165) is 44.4 Å². The third kappa shape index (κ3) is 3.78. The van der Waals surface area contributed by atoms with Crippen LogP contribution in [0.4, 0.5) is 0 Å². The molecular weight excluding hydrogens is 526 g/mol. The molecule has 2 aliphatic heterocycles. The van der Waals surface area contributed by atoms with Gasteiger partial charge in [0.2, 0.25) is 0 Å². The molecule has 7 fully saturated rings. The summed E-state index contributed by atoms with van der Waals surface area (Å²) in [6.07, 6.45) is 9.21. The van der Waals surface area contributed by atoms with E-state index in [1.807, 2.05) is 0 Å². The van der Waals surface area contributed by atoms with Gasteiger partial charge in [-0.05, 0) is 129 Å². The lowest BCUT2D eigenvalue weighted by molar-refractivity contribution is -0.246. The van der Waals surface area contributed by atoms with Crippen LogP contribution in [0.25, 0.3) is 0 Å². The molecule has 2 spiro atoms. The second-order valence-electron chi connectivity index (χ2n) is 18.2. The minimum absolute atomic E-state index is 0.0932. The molecule has 7 aliphatic rings. The van der Waals surface area contributed by atoms with Gasteiger partial charge in [0.05, 0.1) is 30.5 Å². The minimum atomic E-state index is -1.16. The molecule has 5 saturated carbocycles. The van der Waals surface area contributed by atoms with E-state index in [-0.39, 0.29) is 40.8 Å². The molecule has 2 N–H and O–H groups in total.